The quantitative estimate of drug-likeness (QED) is 0.832. The molecule has 2 N–H and O–H groups in total. The third kappa shape index (κ3) is 2.35. The van der Waals surface area contributed by atoms with Crippen molar-refractivity contribution in [2.24, 2.45) is 0 Å². The summed E-state index contributed by atoms with van der Waals surface area (Å²) in [7, 11) is 0. The van der Waals surface area contributed by atoms with Crippen LogP contribution in [0.2, 0.25) is 0 Å². The molecule has 1 saturated heterocycles. The Hall–Kier alpha value is -1.33. The molecule has 0 aliphatic carbocycles. The van der Waals surface area contributed by atoms with Crippen LogP contribution in [-0.4, -0.2) is 24.3 Å². The average Bonchev–Trinajstić information content (AvgIpc) is 2.71. The van der Waals surface area contributed by atoms with E-state index in [1.807, 2.05) is 18.2 Å². The van der Waals surface area contributed by atoms with Gasteiger partial charge >= 0.3 is 0 Å². The van der Waals surface area contributed by atoms with Gasteiger partial charge in [0, 0.05) is 18.5 Å². The van der Waals surface area contributed by atoms with E-state index >= 15 is 0 Å². The molecule has 0 atom stereocenters. The Morgan fingerprint density at radius 2 is 2.18 bits per heavy atom. The molecule has 1 aromatic heterocycles. The number of aromatic nitrogens is 1. The number of hydrogen-bond acceptors (Lipinski definition) is 5. The van der Waals surface area contributed by atoms with Crippen molar-refractivity contribution in [2.75, 3.05) is 18.9 Å². The summed E-state index contributed by atoms with van der Waals surface area (Å²) in [5.41, 5.74) is 7.45. The predicted octanol–water partition coefficient (Wildman–Crippen LogP) is 2.44. The molecule has 2 heterocycles. The zero-order chi connectivity index (χ0) is 11.7. The number of thiazole rings is 1. The Labute approximate surface area is 103 Å². The number of ether oxygens (including phenoxy) is 2. The van der Waals surface area contributed by atoms with E-state index in [4.69, 9.17) is 15.2 Å². The van der Waals surface area contributed by atoms with Crippen LogP contribution in [0.15, 0.2) is 18.2 Å². The fraction of sp³-hybridized carbons (Fsp3) is 0.417. The van der Waals surface area contributed by atoms with Gasteiger partial charge in [-0.25, -0.2) is 4.98 Å². The van der Waals surface area contributed by atoms with Crippen molar-refractivity contribution < 1.29 is 9.47 Å². The van der Waals surface area contributed by atoms with E-state index in [1.54, 1.807) is 11.3 Å². The number of rotatable bonds is 2. The fourth-order valence-corrected chi connectivity index (χ4v) is 2.84. The van der Waals surface area contributed by atoms with Crippen molar-refractivity contribution in [1.82, 2.24) is 4.98 Å². The van der Waals surface area contributed by atoms with Crippen LogP contribution in [0.25, 0.3) is 10.2 Å². The minimum Gasteiger partial charge on any atom is -0.467 e. The van der Waals surface area contributed by atoms with Crippen molar-refractivity contribution in [3.8, 4) is 5.19 Å². The van der Waals surface area contributed by atoms with Gasteiger partial charge in [-0.05, 0) is 18.2 Å². The topological polar surface area (TPSA) is 57.4 Å². The Kier molecular flexibility index (Phi) is 2.86. The number of anilines is 1. The third-order valence-corrected chi connectivity index (χ3v) is 3.74. The van der Waals surface area contributed by atoms with Gasteiger partial charge in [-0.3, -0.25) is 0 Å². The molecular formula is C12H14N2O2S. The van der Waals surface area contributed by atoms with Crippen molar-refractivity contribution in [3.63, 3.8) is 0 Å². The Bertz CT molecular complexity index is 520. The molecule has 17 heavy (non-hydrogen) atoms. The van der Waals surface area contributed by atoms with E-state index in [-0.39, 0.29) is 6.10 Å². The summed E-state index contributed by atoms with van der Waals surface area (Å²) in [4.78, 5) is 4.45. The maximum Gasteiger partial charge on any atom is 0.274 e. The zero-order valence-electron chi connectivity index (χ0n) is 9.39. The first-order valence-electron chi connectivity index (χ1n) is 5.72. The van der Waals surface area contributed by atoms with Crippen LogP contribution >= 0.6 is 11.3 Å². The molecule has 3 rings (SSSR count). The number of benzene rings is 1. The van der Waals surface area contributed by atoms with Gasteiger partial charge in [0.25, 0.3) is 5.19 Å². The fourth-order valence-electron chi connectivity index (χ4n) is 1.91. The SMILES string of the molecule is Nc1ccc2nc(OC3CCOCC3)sc2c1. The lowest BCUT2D eigenvalue weighted by Gasteiger charge is -2.21. The minimum atomic E-state index is 0.238. The second-order valence-corrected chi connectivity index (χ2v) is 5.13. The second kappa shape index (κ2) is 4.50. The lowest BCUT2D eigenvalue weighted by atomic mass is 10.2. The normalized spacial score (nSPS) is 17.4. The Morgan fingerprint density at radius 3 is 3.00 bits per heavy atom. The summed E-state index contributed by atoms with van der Waals surface area (Å²) >= 11 is 1.55. The third-order valence-electron chi connectivity index (χ3n) is 2.83. The van der Waals surface area contributed by atoms with E-state index in [9.17, 15) is 0 Å². The molecule has 1 aliphatic rings. The first-order chi connectivity index (χ1) is 8.31. The van der Waals surface area contributed by atoms with E-state index in [0.29, 0.717) is 0 Å². The van der Waals surface area contributed by atoms with Gasteiger partial charge in [-0.15, -0.1) is 0 Å². The van der Waals surface area contributed by atoms with Crippen LogP contribution in [-0.2, 0) is 4.74 Å². The van der Waals surface area contributed by atoms with Crippen LogP contribution in [0, 0.1) is 0 Å². The predicted molar refractivity (Wildman–Crippen MR) is 68.5 cm³/mol. The highest BCUT2D eigenvalue weighted by Gasteiger charge is 2.17. The van der Waals surface area contributed by atoms with Crippen molar-refractivity contribution in [2.45, 2.75) is 18.9 Å². The summed E-state index contributed by atoms with van der Waals surface area (Å²) in [5.74, 6) is 0. The van der Waals surface area contributed by atoms with Crippen LogP contribution < -0.4 is 10.5 Å². The van der Waals surface area contributed by atoms with E-state index < -0.39 is 0 Å². The van der Waals surface area contributed by atoms with Crippen LogP contribution in [0.1, 0.15) is 12.8 Å². The van der Waals surface area contributed by atoms with Crippen LogP contribution in [0.4, 0.5) is 5.69 Å². The maximum absolute atomic E-state index is 5.87. The summed E-state index contributed by atoms with van der Waals surface area (Å²) in [6.45, 7) is 1.56. The minimum absolute atomic E-state index is 0.238. The molecule has 4 nitrogen and oxygen atoms in total. The largest absolute Gasteiger partial charge is 0.467 e. The van der Waals surface area contributed by atoms with E-state index in [0.717, 1.165) is 47.2 Å². The van der Waals surface area contributed by atoms with Gasteiger partial charge in [-0.1, -0.05) is 11.3 Å². The summed E-state index contributed by atoms with van der Waals surface area (Å²) in [5, 5.41) is 0.734. The molecule has 0 radical (unpaired) electrons. The van der Waals surface area contributed by atoms with Crippen LogP contribution in [0.5, 0.6) is 5.19 Å². The molecular weight excluding hydrogens is 236 g/mol. The van der Waals surface area contributed by atoms with Gasteiger partial charge < -0.3 is 15.2 Å². The zero-order valence-corrected chi connectivity index (χ0v) is 10.2. The van der Waals surface area contributed by atoms with Gasteiger partial charge in [-0.2, -0.15) is 0 Å². The van der Waals surface area contributed by atoms with Crippen molar-refractivity contribution >= 4 is 27.2 Å². The number of hydrogen-bond donors (Lipinski definition) is 1. The first-order valence-corrected chi connectivity index (χ1v) is 6.53. The molecule has 90 valence electrons. The number of nitrogens with two attached hydrogens (primary N) is 1. The molecule has 1 aliphatic heterocycles. The molecule has 0 bridgehead atoms. The highest BCUT2D eigenvalue weighted by atomic mass is 32.1. The van der Waals surface area contributed by atoms with Crippen molar-refractivity contribution in [3.05, 3.63) is 18.2 Å². The van der Waals surface area contributed by atoms with Crippen LogP contribution in [0.3, 0.4) is 0 Å². The molecule has 0 spiro atoms. The molecule has 2 aromatic rings. The highest BCUT2D eigenvalue weighted by Crippen LogP contribution is 2.30. The Balaban J connectivity index is 1.80. The van der Waals surface area contributed by atoms with Gasteiger partial charge in [0.1, 0.15) is 6.10 Å². The number of nitrogens with zero attached hydrogens (tertiary/aromatic N) is 1. The first kappa shape index (κ1) is 10.8. The number of fused-ring (bicyclic) bond motifs is 1. The standard InChI is InChI=1S/C12H14N2O2S/c13-8-1-2-10-11(7-8)17-12(14-10)16-9-3-5-15-6-4-9/h1-2,7,9H,3-6,13H2. The molecule has 1 aromatic carbocycles. The second-order valence-electron chi connectivity index (χ2n) is 4.14. The highest BCUT2D eigenvalue weighted by molar-refractivity contribution is 7.20. The van der Waals surface area contributed by atoms with Gasteiger partial charge in [0.05, 0.1) is 23.4 Å². The van der Waals surface area contributed by atoms with E-state index in [1.165, 1.54) is 0 Å². The molecule has 5 heteroatoms. The summed E-state index contributed by atoms with van der Waals surface area (Å²) in [6.07, 6.45) is 2.12. The molecule has 0 amide bonds. The smallest absolute Gasteiger partial charge is 0.274 e. The maximum atomic E-state index is 5.87. The lowest BCUT2D eigenvalue weighted by Crippen LogP contribution is -2.25. The Morgan fingerprint density at radius 1 is 1.35 bits per heavy atom. The lowest BCUT2D eigenvalue weighted by molar-refractivity contribution is 0.0255. The van der Waals surface area contributed by atoms with Gasteiger partial charge in [0.15, 0.2) is 0 Å². The van der Waals surface area contributed by atoms with E-state index in [2.05, 4.69) is 4.98 Å². The molecule has 1 fully saturated rings. The molecule has 0 unspecified atom stereocenters. The monoisotopic (exact) mass is 250 g/mol. The van der Waals surface area contributed by atoms with Crippen molar-refractivity contribution in [1.29, 1.82) is 0 Å². The molecule has 0 saturated carbocycles. The van der Waals surface area contributed by atoms with Gasteiger partial charge in [0.2, 0.25) is 0 Å². The summed E-state index contributed by atoms with van der Waals surface area (Å²) in [6, 6.07) is 5.72. The summed E-state index contributed by atoms with van der Waals surface area (Å²) < 4.78 is 12.2. The average molecular weight is 250 g/mol. The number of nitrogen functional groups attached to an aromatic ring is 1.